The van der Waals surface area contributed by atoms with Crippen LogP contribution < -0.4 is 0 Å². The van der Waals surface area contributed by atoms with Gasteiger partial charge in [0.1, 0.15) is 0 Å². The molecule has 0 aromatic rings. The van der Waals surface area contributed by atoms with Gasteiger partial charge in [-0.3, -0.25) is 0 Å². The number of rotatable bonds is 3. The fourth-order valence-electron chi connectivity index (χ4n) is 3.13. The van der Waals surface area contributed by atoms with Gasteiger partial charge in [-0.2, -0.15) is 0 Å². The Morgan fingerprint density at radius 3 is 2.29 bits per heavy atom. The van der Waals surface area contributed by atoms with Crippen molar-refractivity contribution >= 4 is 0 Å². The number of hydrogen-bond donors (Lipinski definition) is 1. The summed E-state index contributed by atoms with van der Waals surface area (Å²) >= 11 is 0. The summed E-state index contributed by atoms with van der Waals surface area (Å²) in [6, 6.07) is 0.750. The van der Waals surface area contributed by atoms with E-state index in [9.17, 15) is 5.11 Å². The molecule has 0 aromatic carbocycles. The molecule has 2 saturated carbocycles. The SMILES string of the molecule is CN(CC1(O)CCCC1)C1CCCC1. The van der Waals surface area contributed by atoms with Crippen LogP contribution in [-0.2, 0) is 0 Å². The van der Waals surface area contributed by atoms with E-state index in [0.717, 1.165) is 25.4 Å². The Labute approximate surface area is 87.3 Å². The maximum atomic E-state index is 10.3. The molecule has 0 aromatic heterocycles. The smallest absolute Gasteiger partial charge is 0.0774 e. The van der Waals surface area contributed by atoms with Crippen LogP contribution in [0.1, 0.15) is 51.4 Å². The Kier molecular flexibility index (Phi) is 3.13. The molecule has 0 radical (unpaired) electrons. The first kappa shape index (κ1) is 10.4. The molecule has 0 atom stereocenters. The van der Waals surface area contributed by atoms with Crippen molar-refractivity contribution in [1.29, 1.82) is 0 Å². The van der Waals surface area contributed by atoms with Crippen LogP contribution in [0.15, 0.2) is 0 Å². The van der Waals surface area contributed by atoms with Crippen molar-refractivity contribution in [2.24, 2.45) is 0 Å². The largest absolute Gasteiger partial charge is 0.389 e. The molecular weight excluding hydrogens is 174 g/mol. The second-order valence-electron chi connectivity index (χ2n) is 5.28. The highest BCUT2D eigenvalue weighted by Crippen LogP contribution is 2.32. The molecule has 14 heavy (non-hydrogen) atoms. The molecule has 0 heterocycles. The normalized spacial score (nSPS) is 27.6. The van der Waals surface area contributed by atoms with Crippen molar-refractivity contribution in [3.05, 3.63) is 0 Å². The van der Waals surface area contributed by atoms with Crippen molar-refractivity contribution in [3.8, 4) is 0 Å². The summed E-state index contributed by atoms with van der Waals surface area (Å²) in [5.41, 5.74) is -0.350. The molecular formula is C12H23NO. The van der Waals surface area contributed by atoms with Gasteiger partial charge in [-0.15, -0.1) is 0 Å². The summed E-state index contributed by atoms with van der Waals surface area (Å²) in [7, 11) is 2.19. The quantitative estimate of drug-likeness (QED) is 0.749. The zero-order valence-corrected chi connectivity index (χ0v) is 9.34. The van der Waals surface area contributed by atoms with Crippen LogP contribution in [0.3, 0.4) is 0 Å². The first-order chi connectivity index (χ1) is 6.70. The van der Waals surface area contributed by atoms with E-state index < -0.39 is 0 Å². The minimum atomic E-state index is -0.350. The van der Waals surface area contributed by atoms with Crippen LogP contribution in [0.2, 0.25) is 0 Å². The van der Waals surface area contributed by atoms with Gasteiger partial charge in [0.25, 0.3) is 0 Å². The van der Waals surface area contributed by atoms with Gasteiger partial charge in [0.2, 0.25) is 0 Å². The van der Waals surface area contributed by atoms with Gasteiger partial charge >= 0.3 is 0 Å². The molecule has 1 N–H and O–H groups in total. The molecule has 0 unspecified atom stereocenters. The Morgan fingerprint density at radius 2 is 1.71 bits per heavy atom. The summed E-state index contributed by atoms with van der Waals surface area (Å²) in [6.07, 6.45) is 9.91. The number of likely N-dealkylation sites (N-methyl/N-ethyl adjacent to an activating group) is 1. The summed E-state index contributed by atoms with van der Waals surface area (Å²) in [4.78, 5) is 2.40. The lowest BCUT2D eigenvalue weighted by atomic mass is 10.0. The van der Waals surface area contributed by atoms with Crippen LogP contribution in [0, 0.1) is 0 Å². The van der Waals surface area contributed by atoms with Crippen LogP contribution >= 0.6 is 0 Å². The first-order valence-corrected chi connectivity index (χ1v) is 6.12. The van der Waals surface area contributed by atoms with Crippen LogP contribution in [0.5, 0.6) is 0 Å². The number of nitrogens with zero attached hydrogens (tertiary/aromatic N) is 1. The van der Waals surface area contributed by atoms with Gasteiger partial charge in [0, 0.05) is 12.6 Å². The van der Waals surface area contributed by atoms with Gasteiger partial charge in [-0.25, -0.2) is 0 Å². The zero-order chi connectivity index (χ0) is 10.0. The van der Waals surface area contributed by atoms with E-state index in [4.69, 9.17) is 0 Å². The minimum Gasteiger partial charge on any atom is -0.389 e. The van der Waals surface area contributed by atoms with Crippen LogP contribution in [-0.4, -0.2) is 35.2 Å². The van der Waals surface area contributed by atoms with Gasteiger partial charge in [-0.05, 0) is 32.7 Å². The average molecular weight is 197 g/mol. The van der Waals surface area contributed by atoms with Crippen molar-refractivity contribution in [2.45, 2.75) is 63.0 Å². The molecule has 2 rings (SSSR count). The fraction of sp³-hybridized carbons (Fsp3) is 1.00. The number of aliphatic hydroxyl groups is 1. The molecule has 0 aliphatic heterocycles. The highest BCUT2D eigenvalue weighted by Gasteiger charge is 2.34. The second-order valence-corrected chi connectivity index (χ2v) is 5.28. The van der Waals surface area contributed by atoms with Gasteiger partial charge in [0.05, 0.1) is 5.60 Å². The lowest BCUT2D eigenvalue weighted by Gasteiger charge is -2.32. The summed E-state index contributed by atoms with van der Waals surface area (Å²) < 4.78 is 0. The lowest BCUT2D eigenvalue weighted by Crippen LogP contribution is -2.43. The molecule has 2 fully saturated rings. The molecule has 0 spiro atoms. The van der Waals surface area contributed by atoms with Crippen LogP contribution in [0.25, 0.3) is 0 Å². The van der Waals surface area contributed by atoms with E-state index in [1.165, 1.54) is 38.5 Å². The van der Waals surface area contributed by atoms with E-state index in [-0.39, 0.29) is 5.60 Å². The van der Waals surface area contributed by atoms with Crippen molar-refractivity contribution < 1.29 is 5.11 Å². The van der Waals surface area contributed by atoms with E-state index in [2.05, 4.69) is 11.9 Å². The highest BCUT2D eigenvalue weighted by atomic mass is 16.3. The molecule has 0 bridgehead atoms. The Balaban J connectivity index is 1.83. The first-order valence-electron chi connectivity index (χ1n) is 6.12. The molecule has 82 valence electrons. The third-order valence-electron chi connectivity index (χ3n) is 4.03. The fourth-order valence-corrected chi connectivity index (χ4v) is 3.13. The van der Waals surface area contributed by atoms with E-state index >= 15 is 0 Å². The van der Waals surface area contributed by atoms with E-state index in [1.54, 1.807) is 0 Å². The molecule has 2 nitrogen and oxygen atoms in total. The molecule has 0 amide bonds. The molecule has 2 aliphatic rings. The van der Waals surface area contributed by atoms with Crippen LogP contribution in [0.4, 0.5) is 0 Å². The molecule has 0 saturated heterocycles. The van der Waals surface area contributed by atoms with Crippen molar-refractivity contribution in [3.63, 3.8) is 0 Å². The average Bonchev–Trinajstić information content (AvgIpc) is 2.74. The van der Waals surface area contributed by atoms with E-state index in [0.29, 0.717) is 0 Å². The Hall–Kier alpha value is -0.0800. The Morgan fingerprint density at radius 1 is 1.14 bits per heavy atom. The summed E-state index contributed by atoms with van der Waals surface area (Å²) in [5, 5.41) is 10.3. The highest BCUT2D eigenvalue weighted by molar-refractivity contribution is 4.89. The lowest BCUT2D eigenvalue weighted by molar-refractivity contribution is 0.00600. The van der Waals surface area contributed by atoms with Gasteiger partial charge < -0.3 is 10.0 Å². The third kappa shape index (κ3) is 2.29. The molecule has 2 heteroatoms. The predicted octanol–water partition coefficient (Wildman–Crippen LogP) is 2.17. The topological polar surface area (TPSA) is 23.5 Å². The maximum Gasteiger partial charge on any atom is 0.0774 e. The monoisotopic (exact) mass is 197 g/mol. The van der Waals surface area contributed by atoms with Crippen molar-refractivity contribution in [2.75, 3.05) is 13.6 Å². The van der Waals surface area contributed by atoms with Gasteiger partial charge in [0.15, 0.2) is 0 Å². The Bertz CT molecular complexity index is 181. The van der Waals surface area contributed by atoms with Gasteiger partial charge in [-0.1, -0.05) is 25.7 Å². The van der Waals surface area contributed by atoms with Crippen molar-refractivity contribution in [1.82, 2.24) is 4.90 Å². The zero-order valence-electron chi connectivity index (χ0n) is 9.34. The molecule has 2 aliphatic carbocycles. The summed E-state index contributed by atoms with van der Waals surface area (Å²) in [6.45, 7) is 0.900. The minimum absolute atomic E-state index is 0.350. The second kappa shape index (κ2) is 4.19. The maximum absolute atomic E-state index is 10.3. The van der Waals surface area contributed by atoms with E-state index in [1.807, 2.05) is 0 Å². The predicted molar refractivity (Wildman–Crippen MR) is 58.3 cm³/mol. The third-order valence-corrected chi connectivity index (χ3v) is 4.03. The summed E-state index contributed by atoms with van der Waals surface area (Å²) in [5.74, 6) is 0. The number of hydrogen-bond acceptors (Lipinski definition) is 2. The standard InChI is InChI=1S/C12H23NO/c1-13(11-6-2-3-7-11)10-12(14)8-4-5-9-12/h11,14H,2-10H2,1H3.